The molecule has 0 N–H and O–H groups in total. The molecule has 1 aromatic rings. The maximum atomic E-state index is 5.84. The van der Waals surface area contributed by atoms with E-state index in [9.17, 15) is 0 Å². The fourth-order valence-corrected chi connectivity index (χ4v) is 2.38. The van der Waals surface area contributed by atoms with Gasteiger partial charge in [0.05, 0.1) is 0 Å². The quantitative estimate of drug-likeness (QED) is 0.714. The minimum Gasteiger partial charge on any atom is -0.370 e. The summed E-state index contributed by atoms with van der Waals surface area (Å²) in [5.74, 6) is 0. The molecule has 0 saturated carbocycles. The summed E-state index contributed by atoms with van der Waals surface area (Å²) in [5, 5.41) is 0. The maximum Gasteiger partial charge on any atom is 0.113 e. The minimum absolute atomic E-state index is 0.885. The molecule has 0 unspecified atom stereocenters. The van der Waals surface area contributed by atoms with Crippen molar-refractivity contribution >= 4 is 19.0 Å². The first-order valence-corrected chi connectivity index (χ1v) is 6.52. The fourth-order valence-electron chi connectivity index (χ4n) is 2.38. The van der Waals surface area contributed by atoms with Gasteiger partial charge in [-0.15, -0.1) is 0 Å². The largest absolute Gasteiger partial charge is 0.370 e. The average molecular weight is 228 g/mol. The molecule has 17 heavy (non-hydrogen) atoms. The molecule has 0 spiro atoms. The van der Waals surface area contributed by atoms with Crippen LogP contribution in [0.2, 0.25) is 0 Å². The number of hydrogen-bond donors (Lipinski definition) is 0. The van der Waals surface area contributed by atoms with E-state index in [1.807, 2.05) is 6.07 Å². The van der Waals surface area contributed by atoms with Crippen molar-refractivity contribution in [2.75, 3.05) is 38.1 Å². The lowest BCUT2D eigenvalue weighted by molar-refractivity contribution is 0.357. The Hall–Kier alpha value is -0.955. The number of likely N-dealkylation sites (N-methyl/N-ethyl adjacent to an activating group) is 1. The van der Waals surface area contributed by atoms with E-state index in [0.29, 0.717) is 0 Å². The van der Waals surface area contributed by atoms with Crippen molar-refractivity contribution in [1.82, 2.24) is 4.90 Å². The van der Waals surface area contributed by atoms with Gasteiger partial charge in [0.15, 0.2) is 0 Å². The summed E-state index contributed by atoms with van der Waals surface area (Å²) in [6.45, 7) is 6.73. The lowest BCUT2D eigenvalue weighted by Gasteiger charge is -2.32. The van der Waals surface area contributed by atoms with Crippen LogP contribution in [0.15, 0.2) is 18.2 Å². The highest BCUT2D eigenvalue weighted by Crippen LogP contribution is 2.25. The number of nitrogens with zero attached hydrogens (tertiary/aromatic N) is 2. The molecule has 90 valence electrons. The number of hydrogen-bond acceptors (Lipinski definition) is 2. The van der Waals surface area contributed by atoms with Gasteiger partial charge in [0.25, 0.3) is 0 Å². The van der Waals surface area contributed by atoms with Crippen molar-refractivity contribution in [3.63, 3.8) is 0 Å². The molecule has 1 heterocycles. The third-order valence-corrected chi connectivity index (χ3v) is 3.61. The molecule has 0 amide bonds. The van der Waals surface area contributed by atoms with Gasteiger partial charge in [-0.1, -0.05) is 24.5 Å². The van der Waals surface area contributed by atoms with E-state index in [0.717, 1.165) is 25.1 Å². The van der Waals surface area contributed by atoms with Crippen LogP contribution in [0.5, 0.6) is 0 Å². The van der Waals surface area contributed by atoms with Gasteiger partial charge in [-0.2, -0.15) is 0 Å². The summed E-state index contributed by atoms with van der Waals surface area (Å²) < 4.78 is 0. The second kappa shape index (κ2) is 5.59. The predicted octanol–water partition coefficient (Wildman–Crippen LogP) is 1.18. The van der Waals surface area contributed by atoms with Gasteiger partial charge in [0.1, 0.15) is 7.85 Å². The van der Waals surface area contributed by atoms with E-state index in [1.165, 1.54) is 30.6 Å². The fraction of sp³-hybridized carbons (Fsp3) is 0.571. The van der Waals surface area contributed by atoms with Gasteiger partial charge in [-0.05, 0) is 38.1 Å². The number of fused-ring (bicyclic) bond motifs is 1. The van der Waals surface area contributed by atoms with Crippen molar-refractivity contribution < 1.29 is 0 Å². The van der Waals surface area contributed by atoms with E-state index in [2.05, 4.69) is 35.9 Å². The first-order valence-electron chi connectivity index (χ1n) is 6.52. The van der Waals surface area contributed by atoms with Gasteiger partial charge >= 0.3 is 0 Å². The van der Waals surface area contributed by atoms with E-state index >= 15 is 0 Å². The zero-order valence-electron chi connectivity index (χ0n) is 10.9. The summed E-state index contributed by atoms with van der Waals surface area (Å²) in [6.07, 6.45) is 2.41. The number of aryl methyl sites for hydroxylation is 1. The molecule has 0 aromatic heterocycles. The normalized spacial score (nSPS) is 15.1. The summed E-state index contributed by atoms with van der Waals surface area (Å²) in [7, 11) is 8.02. The Morgan fingerprint density at radius 3 is 3.00 bits per heavy atom. The van der Waals surface area contributed by atoms with Gasteiger partial charge in [0.2, 0.25) is 0 Å². The Morgan fingerprint density at radius 1 is 1.41 bits per heavy atom. The third kappa shape index (κ3) is 3.03. The molecule has 0 saturated heterocycles. The van der Waals surface area contributed by atoms with E-state index in [-0.39, 0.29) is 0 Å². The van der Waals surface area contributed by atoms with Crippen LogP contribution in [0.25, 0.3) is 0 Å². The molecule has 1 aliphatic rings. The first kappa shape index (κ1) is 12.5. The van der Waals surface area contributed by atoms with Crippen LogP contribution in [0, 0.1) is 0 Å². The monoisotopic (exact) mass is 228 g/mol. The third-order valence-electron chi connectivity index (χ3n) is 3.61. The van der Waals surface area contributed by atoms with Gasteiger partial charge in [-0.25, -0.2) is 0 Å². The van der Waals surface area contributed by atoms with Gasteiger partial charge in [0, 0.05) is 25.3 Å². The highest BCUT2D eigenvalue weighted by atomic mass is 15.2. The second-order valence-electron chi connectivity index (χ2n) is 4.87. The molecule has 2 nitrogen and oxygen atoms in total. The van der Waals surface area contributed by atoms with E-state index in [1.54, 1.807) is 0 Å². The molecular weight excluding hydrogens is 207 g/mol. The highest BCUT2D eigenvalue weighted by molar-refractivity contribution is 6.32. The SMILES string of the molecule is [B]c1ccc2c(c1)CCCN2CCN(C)CC. The van der Waals surface area contributed by atoms with Crippen LogP contribution < -0.4 is 10.4 Å². The summed E-state index contributed by atoms with van der Waals surface area (Å²) in [5.41, 5.74) is 3.68. The molecular formula is C14H21BN2. The van der Waals surface area contributed by atoms with Crippen molar-refractivity contribution in [3.8, 4) is 0 Å². The Morgan fingerprint density at radius 2 is 2.24 bits per heavy atom. The predicted molar refractivity (Wildman–Crippen MR) is 75.5 cm³/mol. The van der Waals surface area contributed by atoms with Crippen LogP contribution in [0.4, 0.5) is 5.69 Å². The zero-order chi connectivity index (χ0) is 12.3. The molecule has 0 fully saturated rings. The van der Waals surface area contributed by atoms with E-state index < -0.39 is 0 Å². The molecule has 0 bridgehead atoms. The van der Waals surface area contributed by atoms with Crippen molar-refractivity contribution in [2.24, 2.45) is 0 Å². The van der Waals surface area contributed by atoms with Crippen LogP contribution >= 0.6 is 0 Å². The summed E-state index contributed by atoms with van der Waals surface area (Å²) in [6, 6.07) is 6.32. The molecule has 2 rings (SSSR count). The standard InChI is InChI=1S/C14H21BN2/c1-3-16(2)9-10-17-8-4-5-12-11-13(15)6-7-14(12)17/h6-7,11H,3-5,8-10H2,1-2H3. The molecule has 0 atom stereocenters. The number of anilines is 1. The Bertz CT molecular complexity index is 378. The van der Waals surface area contributed by atoms with Crippen LogP contribution in [-0.4, -0.2) is 46.0 Å². The van der Waals surface area contributed by atoms with Crippen molar-refractivity contribution in [2.45, 2.75) is 19.8 Å². The highest BCUT2D eigenvalue weighted by Gasteiger charge is 2.16. The van der Waals surface area contributed by atoms with E-state index in [4.69, 9.17) is 7.85 Å². The maximum absolute atomic E-state index is 5.84. The van der Waals surface area contributed by atoms with Crippen molar-refractivity contribution in [3.05, 3.63) is 23.8 Å². The molecule has 3 heteroatoms. The van der Waals surface area contributed by atoms with Gasteiger partial charge in [-0.3, -0.25) is 0 Å². The Balaban J connectivity index is 2.06. The smallest absolute Gasteiger partial charge is 0.113 e. The minimum atomic E-state index is 0.885. The molecule has 1 aromatic carbocycles. The number of benzene rings is 1. The average Bonchev–Trinajstić information content (AvgIpc) is 2.35. The number of rotatable bonds is 4. The van der Waals surface area contributed by atoms with Crippen LogP contribution in [-0.2, 0) is 6.42 Å². The second-order valence-corrected chi connectivity index (χ2v) is 4.87. The lowest BCUT2D eigenvalue weighted by atomic mass is 9.90. The molecule has 1 aliphatic heterocycles. The van der Waals surface area contributed by atoms with Gasteiger partial charge < -0.3 is 9.80 Å². The topological polar surface area (TPSA) is 6.48 Å². The molecule has 2 radical (unpaired) electrons. The lowest BCUT2D eigenvalue weighted by Crippen LogP contribution is -2.36. The Kier molecular flexibility index (Phi) is 4.11. The van der Waals surface area contributed by atoms with Crippen molar-refractivity contribution in [1.29, 1.82) is 0 Å². The Labute approximate surface area is 106 Å². The molecule has 0 aliphatic carbocycles. The van der Waals surface area contributed by atoms with Crippen LogP contribution in [0.1, 0.15) is 18.9 Å². The van der Waals surface area contributed by atoms with Crippen LogP contribution in [0.3, 0.4) is 0 Å². The summed E-state index contributed by atoms with van der Waals surface area (Å²) in [4.78, 5) is 4.84. The first-order chi connectivity index (χ1) is 8.20. The zero-order valence-corrected chi connectivity index (χ0v) is 10.9. The summed E-state index contributed by atoms with van der Waals surface area (Å²) >= 11 is 0.